The van der Waals surface area contributed by atoms with E-state index in [9.17, 15) is 13.6 Å². The standard InChI is InChI=1S/C26H28BF2N3O3/c1-24(2)25(3,4)35-27(34-24)18-13-15(12-17-22(18)32-23(33)26(17)9-5-10-26)20(8-11-30)31-21-7-6-16(28)14-19(21)29/h6-8,11-14H,5,9-10,30H2,1-4H3,(H,32,33). The lowest BCUT2D eigenvalue weighted by atomic mass is 9.63. The average Bonchev–Trinajstić information content (AvgIpc) is 3.16. The van der Waals surface area contributed by atoms with E-state index in [4.69, 9.17) is 15.0 Å². The number of hydrogen-bond acceptors (Lipinski definition) is 5. The number of hydrogen-bond donors (Lipinski definition) is 2. The molecule has 1 saturated heterocycles. The molecule has 1 saturated carbocycles. The number of halogens is 2. The molecule has 35 heavy (non-hydrogen) atoms. The molecule has 2 aromatic rings. The van der Waals surface area contributed by atoms with Crippen LogP contribution in [0.2, 0.25) is 0 Å². The molecule has 182 valence electrons. The Morgan fingerprint density at radius 1 is 1.11 bits per heavy atom. The number of allylic oxidation sites excluding steroid dienone is 1. The average molecular weight is 479 g/mol. The first kappa shape index (κ1) is 23.7. The van der Waals surface area contributed by atoms with Crippen LogP contribution >= 0.6 is 0 Å². The van der Waals surface area contributed by atoms with Crippen molar-refractivity contribution in [2.75, 3.05) is 5.32 Å². The highest BCUT2D eigenvalue weighted by atomic mass is 19.1. The van der Waals surface area contributed by atoms with Gasteiger partial charge in [-0.25, -0.2) is 13.8 Å². The quantitative estimate of drug-likeness (QED) is 0.508. The first-order valence-electron chi connectivity index (χ1n) is 11.8. The molecule has 5 rings (SSSR count). The summed E-state index contributed by atoms with van der Waals surface area (Å²) in [5.41, 5.74) is 7.13. The first-order chi connectivity index (χ1) is 16.5. The van der Waals surface area contributed by atoms with Gasteiger partial charge in [0.1, 0.15) is 5.82 Å². The Bertz CT molecular complexity index is 1270. The van der Waals surface area contributed by atoms with Crippen LogP contribution in [0.1, 0.15) is 58.1 Å². The van der Waals surface area contributed by atoms with Gasteiger partial charge in [-0.2, -0.15) is 0 Å². The molecule has 0 bridgehead atoms. The largest absolute Gasteiger partial charge is 0.497 e. The molecule has 2 aliphatic heterocycles. The molecule has 0 radical (unpaired) electrons. The molecule has 3 N–H and O–H groups in total. The van der Waals surface area contributed by atoms with E-state index in [-0.39, 0.29) is 11.6 Å². The van der Waals surface area contributed by atoms with Crippen LogP contribution in [-0.4, -0.2) is 29.9 Å². The Balaban J connectivity index is 1.69. The SMILES string of the molecule is CC1(C)OB(c2cc(C(C=CN)=Nc3ccc(F)cc3F)cc3c2NC(=O)C32CCC2)OC1(C)C. The zero-order chi connectivity index (χ0) is 25.2. The fraction of sp³-hybridized carbons (Fsp3) is 0.385. The summed E-state index contributed by atoms with van der Waals surface area (Å²) in [6, 6.07) is 6.94. The minimum absolute atomic E-state index is 0.0234. The Hall–Kier alpha value is -3.04. The number of amides is 1. The smallest absolute Gasteiger partial charge is 0.405 e. The molecule has 0 atom stereocenters. The van der Waals surface area contributed by atoms with Crippen LogP contribution in [0.25, 0.3) is 0 Å². The fourth-order valence-corrected chi connectivity index (χ4v) is 4.86. The highest BCUT2D eigenvalue weighted by Crippen LogP contribution is 2.51. The predicted octanol–water partition coefficient (Wildman–Crippen LogP) is 4.23. The molecule has 1 aliphatic carbocycles. The van der Waals surface area contributed by atoms with Gasteiger partial charge in [0.25, 0.3) is 0 Å². The van der Waals surface area contributed by atoms with Gasteiger partial charge in [0.15, 0.2) is 5.82 Å². The van der Waals surface area contributed by atoms with Crippen molar-refractivity contribution in [3.05, 3.63) is 65.4 Å². The Morgan fingerprint density at radius 2 is 1.80 bits per heavy atom. The van der Waals surface area contributed by atoms with Crippen LogP contribution < -0.4 is 16.5 Å². The summed E-state index contributed by atoms with van der Waals surface area (Å²) in [6.07, 6.45) is 5.29. The van der Waals surface area contributed by atoms with Crippen molar-refractivity contribution in [1.82, 2.24) is 0 Å². The van der Waals surface area contributed by atoms with E-state index in [1.807, 2.05) is 39.8 Å². The van der Waals surface area contributed by atoms with Gasteiger partial charge in [-0.05, 0) is 76.6 Å². The van der Waals surface area contributed by atoms with Crippen LogP contribution in [-0.2, 0) is 19.5 Å². The van der Waals surface area contributed by atoms with E-state index in [0.717, 1.165) is 37.0 Å². The lowest BCUT2D eigenvalue weighted by Gasteiger charge is -2.36. The normalized spacial score (nSPS) is 21.9. The van der Waals surface area contributed by atoms with Crippen LogP contribution in [0.4, 0.5) is 20.2 Å². The maximum absolute atomic E-state index is 14.4. The maximum Gasteiger partial charge on any atom is 0.497 e. The highest BCUT2D eigenvalue weighted by molar-refractivity contribution is 6.64. The molecule has 0 aromatic heterocycles. The minimum atomic E-state index is -0.785. The van der Waals surface area contributed by atoms with Gasteiger partial charge < -0.3 is 20.4 Å². The van der Waals surface area contributed by atoms with E-state index < -0.39 is 35.4 Å². The lowest BCUT2D eigenvalue weighted by molar-refractivity contribution is -0.123. The molecule has 2 fully saturated rings. The zero-order valence-electron chi connectivity index (χ0n) is 20.2. The van der Waals surface area contributed by atoms with Gasteiger partial charge in [-0.1, -0.05) is 12.5 Å². The molecule has 0 unspecified atom stereocenters. The number of aliphatic imine (C=N–C) groups is 1. The summed E-state index contributed by atoms with van der Waals surface area (Å²) in [4.78, 5) is 17.5. The lowest BCUT2D eigenvalue weighted by Crippen LogP contribution is -2.41. The number of carbonyl (C=O) groups is 1. The minimum Gasteiger partial charge on any atom is -0.405 e. The molecule has 1 spiro atoms. The van der Waals surface area contributed by atoms with Gasteiger partial charge in [0.05, 0.1) is 28.0 Å². The summed E-state index contributed by atoms with van der Waals surface area (Å²) >= 11 is 0. The second-order valence-corrected chi connectivity index (χ2v) is 10.4. The third-order valence-electron chi connectivity index (χ3n) is 7.77. The van der Waals surface area contributed by atoms with Crippen molar-refractivity contribution in [3.8, 4) is 0 Å². The number of nitrogens with two attached hydrogens (primary N) is 1. The van der Waals surface area contributed by atoms with Crippen molar-refractivity contribution in [2.24, 2.45) is 10.7 Å². The summed E-state index contributed by atoms with van der Waals surface area (Å²) in [5, 5.41) is 3.07. The van der Waals surface area contributed by atoms with E-state index >= 15 is 0 Å². The number of rotatable bonds is 4. The monoisotopic (exact) mass is 479 g/mol. The second kappa shape index (κ2) is 8.00. The summed E-state index contributed by atoms with van der Waals surface area (Å²) in [5.74, 6) is -1.51. The Labute approximate surface area is 203 Å². The van der Waals surface area contributed by atoms with Crippen molar-refractivity contribution in [1.29, 1.82) is 0 Å². The summed E-state index contributed by atoms with van der Waals surface area (Å²) < 4.78 is 40.5. The Kier molecular flexibility index (Phi) is 5.41. The molecule has 1 amide bonds. The van der Waals surface area contributed by atoms with Gasteiger partial charge in [0, 0.05) is 22.8 Å². The number of nitrogens with one attached hydrogen (secondary N) is 1. The van der Waals surface area contributed by atoms with Crippen LogP contribution in [0.3, 0.4) is 0 Å². The van der Waals surface area contributed by atoms with E-state index in [1.54, 1.807) is 6.08 Å². The molecular formula is C26H28BF2N3O3. The molecule has 2 heterocycles. The molecule has 3 aliphatic rings. The summed E-state index contributed by atoms with van der Waals surface area (Å²) in [6.45, 7) is 7.85. The van der Waals surface area contributed by atoms with Crippen molar-refractivity contribution >= 4 is 35.6 Å². The van der Waals surface area contributed by atoms with E-state index in [1.165, 1.54) is 12.3 Å². The zero-order valence-corrected chi connectivity index (χ0v) is 20.2. The van der Waals surface area contributed by atoms with E-state index in [0.29, 0.717) is 22.4 Å². The summed E-state index contributed by atoms with van der Waals surface area (Å²) in [7, 11) is -0.727. The molecular weight excluding hydrogens is 451 g/mol. The third-order valence-corrected chi connectivity index (χ3v) is 7.77. The third kappa shape index (κ3) is 3.68. The highest BCUT2D eigenvalue weighted by Gasteiger charge is 2.56. The maximum atomic E-state index is 14.4. The van der Waals surface area contributed by atoms with Crippen molar-refractivity contribution in [2.45, 2.75) is 63.6 Å². The van der Waals surface area contributed by atoms with Gasteiger partial charge >= 0.3 is 7.12 Å². The van der Waals surface area contributed by atoms with Crippen molar-refractivity contribution in [3.63, 3.8) is 0 Å². The molecule has 9 heteroatoms. The molecule has 2 aromatic carbocycles. The van der Waals surface area contributed by atoms with Crippen molar-refractivity contribution < 1.29 is 22.9 Å². The Morgan fingerprint density at radius 3 is 2.37 bits per heavy atom. The van der Waals surface area contributed by atoms with Gasteiger partial charge in [0.2, 0.25) is 5.91 Å². The number of fused-ring (bicyclic) bond motifs is 2. The molecule has 6 nitrogen and oxygen atoms in total. The van der Waals surface area contributed by atoms with Crippen LogP contribution in [0.15, 0.2) is 47.6 Å². The number of benzene rings is 2. The fourth-order valence-electron chi connectivity index (χ4n) is 4.86. The second-order valence-electron chi connectivity index (χ2n) is 10.4. The van der Waals surface area contributed by atoms with Gasteiger partial charge in [-0.15, -0.1) is 0 Å². The predicted molar refractivity (Wildman–Crippen MR) is 132 cm³/mol. The van der Waals surface area contributed by atoms with E-state index in [2.05, 4.69) is 10.3 Å². The number of carbonyl (C=O) groups excluding carboxylic acids is 1. The number of anilines is 1. The number of nitrogens with zero attached hydrogens (tertiary/aromatic N) is 1. The topological polar surface area (TPSA) is 85.9 Å². The first-order valence-corrected chi connectivity index (χ1v) is 11.8. The van der Waals surface area contributed by atoms with Crippen LogP contribution in [0.5, 0.6) is 0 Å². The van der Waals surface area contributed by atoms with Gasteiger partial charge in [-0.3, -0.25) is 4.79 Å². The van der Waals surface area contributed by atoms with Crippen LogP contribution in [0, 0.1) is 11.6 Å².